The molecule has 0 aliphatic heterocycles. The van der Waals surface area contributed by atoms with Crippen molar-refractivity contribution >= 4 is 11.9 Å². The van der Waals surface area contributed by atoms with Crippen molar-refractivity contribution in [3.05, 3.63) is 24.3 Å². The summed E-state index contributed by atoms with van der Waals surface area (Å²) in [5, 5.41) is 23.6. The van der Waals surface area contributed by atoms with Crippen molar-refractivity contribution in [3.8, 4) is 0 Å². The van der Waals surface area contributed by atoms with Crippen LogP contribution in [-0.4, -0.2) is 46.9 Å². The van der Waals surface area contributed by atoms with Crippen molar-refractivity contribution in [2.24, 2.45) is 0 Å². The van der Waals surface area contributed by atoms with Gasteiger partial charge in [0.2, 0.25) is 5.91 Å². The van der Waals surface area contributed by atoms with Crippen LogP contribution in [0.15, 0.2) is 24.3 Å². The van der Waals surface area contributed by atoms with Crippen molar-refractivity contribution < 1.29 is 24.5 Å². The molecular weight excluding hydrogens is 671 g/mol. The normalized spacial score (nSPS) is 13.5. The first-order chi connectivity index (χ1) is 26.5. The number of carbonyl (C=O) groups is 2. The van der Waals surface area contributed by atoms with Crippen molar-refractivity contribution in [2.75, 3.05) is 6.61 Å². The van der Waals surface area contributed by atoms with Crippen LogP contribution in [0.25, 0.3) is 0 Å². The van der Waals surface area contributed by atoms with E-state index < -0.39 is 18.2 Å². The van der Waals surface area contributed by atoms with E-state index in [1.165, 1.54) is 128 Å². The number of hydrogen-bond donors (Lipinski definition) is 3. The van der Waals surface area contributed by atoms with Crippen LogP contribution in [-0.2, 0) is 14.3 Å². The minimum absolute atomic E-state index is 0.0639. The van der Waals surface area contributed by atoms with E-state index in [0.717, 1.165) is 70.6 Å². The lowest BCUT2D eigenvalue weighted by Gasteiger charge is -2.24. The van der Waals surface area contributed by atoms with Crippen LogP contribution in [0.5, 0.6) is 0 Å². The number of aliphatic hydroxyl groups excluding tert-OH is 2. The van der Waals surface area contributed by atoms with Gasteiger partial charge in [-0.15, -0.1) is 0 Å². The van der Waals surface area contributed by atoms with Crippen LogP contribution in [0, 0.1) is 0 Å². The Morgan fingerprint density at radius 3 is 1.39 bits per heavy atom. The second-order valence-electron chi connectivity index (χ2n) is 16.2. The van der Waals surface area contributed by atoms with E-state index in [-0.39, 0.29) is 24.9 Å². The molecule has 0 saturated heterocycles. The third-order valence-corrected chi connectivity index (χ3v) is 10.8. The van der Waals surface area contributed by atoms with Crippen LogP contribution in [0.4, 0.5) is 0 Å². The topological polar surface area (TPSA) is 95.9 Å². The number of carbonyl (C=O) groups excluding carboxylic acids is 2. The predicted octanol–water partition coefficient (Wildman–Crippen LogP) is 13.6. The average molecular weight is 762 g/mol. The summed E-state index contributed by atoms with van der Waals surface area (Å²) in [6.07, 6.45) is 46.7. The first-order valence-corrected chi connectivity index (χ1v) is 23.6. The number of nitrogens with one attached hydrogen (secondary N) is 1. The number of amides is 1. The lowest BCUT2D eigenvalue weighted by atomic mass is 10.0. The summed E-state index contributed by atoms with van der Waals surface area (Å²) in [5.74, 6) is -0.495. The average Bonchev–Trinajstić information content (AvgIpc) is 3.16. The lowest BCUT2D eigenvalue weighted by molar-refractivity contribution is -0.151. The zero-order valence-corrected chi connectivity index (χ0v) is 36.1. The SMILES string of the molecule is CCCCCCCCC/C=C/C=C/CCCCCC(CC(=O)NC(CO)C(O)CCCCCCCCCCCC)OC(=O)CCCCCCCCCCC. The molecule has 6 nitrogen and oxygen atoms in total. The third-order valence-electron chi connectivity index (χ3n) is 10.8. The highest BCUT2D eigenvalue weighted by molar-refractivity contribution is 5.77. The van der Waals surface area contributed by atoms with E-state index >= 15 is 0 Å². The summed E-state index contributed by atoms with van der Waals surface area (Å²) < 4.78 is 5.88. The monoisotopic (exact) mass is 762 g/mol. The third kappa shape index (κ3) is 37.3. The van der Waals surface area contributed by atoms with E-state index in [4.69, 9.17) is 4.74 Å². The molecule has 0 aromatic heterocycles. The minimum Gasteiger partial charge on any atom is -0.462 e. The summed E-state index contributed by atoms with van der Waals surface area (Å²) in [4.78, 5) is 25.9. The zero-order valence-electron chi connectivity index (χ0n) is 36.1. The molecule has 0 heterocycles. The molecule has 3 unspecified atom stereocenters. The molecule has 0 radical (unpaired) electrons. The predicted molar refractivity (Wildman–Crippen MR) is 232 cm³/mol. The van der Waals surface area contributed by atoms with Gasteiger partial charge in [-0.1, -0.05) is 206 Å². The Morgan fingerprint density at radius 2 is 0.926 bits per heavy atom. The first-order valence-electron chi connectivity index (χ1n) is 23.6. The second kappa shape index (κ2) is 42.5. The Morgan fingerprint density at radius 1 is 0.537 bits per heavy atom. The summed E-state index contributed by atoms with van der Waals surface area (Å²) in [6.45, 7) is 6.44. The molecule has 0 bridgehead atoms. The smallest absolute Gasteiger partial charge is 0.306 e. The van der Waals surface area contributed by atoms with Crippen LogP contribution < -0.4 is 5.32 Å². The molecular formula is C48H91NO5. The van der Waals surface area contributed by atoms with Gasteiger partial charge in [0.1, 0.15) is 6.10 Å². The first kappa shape index (κ1) is 52.3. The molecule has 0 spiro atoms. The van der Waals surface area contributed by atoms with Crippen molar-refractivity contribution in [2.45, 2.75) is 264 Å². The van der Waals surface area contributed by atoms with Crippen molar-refractivity contribution in [1.29, 1.82) is 0 Å². The standard InChI is InChI=1S/C48H91NO5/c1-4-7-10-13-16-19-21-22-23-24-25-26-28-30-33-36-39-44(54-48(53)41-38-35-32-27-18-15-12-9-6-3)42-47(52)49-45(43-50)46(51)40-37-34-31-29-20-17-14-11-8-5-2/h23-26,44-46,50-51H,4-22,27-43H2,1-3H3,(H,49,52)/b24-23+,26-25+. The fraction of sp³-hybridized carbons (Fsp3) is 0.875. The lowest BCUT2D eigenvalue weighted by Crippen LogP contribution is -2.46. The molecule has 1 amide bonds. The maximum absolute atomic E-state index is 13.1. The van der Waals surface area contributed by atoms with Crippen LogP contribution in [0.2, 0.25) is 0 Å². The van der Waals surface area contributed by atoms with Crippen molar-refractivity contribution in [1.82, 2.24) is 5.32 Å². The zero-order chi connectivity index (χ0) is 39.6. The van der Waals surface area contributed by atoms with Crippen molar-refractivity contribution in [3.63, 3.8) is 0 Å². The molecule has 0 aromatic rings. The van der Waals surface area contributed by atoms with Crippen LogP contribution in [0.3, 0.4) is 0 Å². The molecule has 0 aliphatic carbocycles. The Labute approximate surface area is 335 Å². The maximum atomic E-state index is 13.1. The van der Waals surface area contributed by atoms with E-state index in [1.54, 1.807) is 0 Å². The molecule has 0 rings (SSSR count). The molecule has 318 valence electrons. The van der Waals surface area contributed by atoms with Gasteiger partial charge in [0.05, 0.1) is 25.2 Å². The quantitative estimate of drug-likeness (QED) is 0.0327. The number of hydrogen-bond acceptors (Lipinski definition) is 5. The molecule has 0 aliphatic rings. The highest BCUT2D eigenvalue weighted by Gasteiger charge is 2.24. The van der Waals surface area contributed by atoms with Gasteiger partial charge in [-0.2, -0.15) is 0 Å². The number of ether oxygens (including phenoxy) is 1. The minimum atomic E-state index is -0.788. The summed E-state index contributed by atoms with van der Waals surface area (Å²) in [6, 6.07) is -0.703. The fourth-order valence-electron chi connectivity index (χ4n) is 7.19. The molecule has 6 heteroatoms. The summed E-state index contributed by atoms with van der Waals surface area (Å²) in [7, 11) is 0. The van der Waals surface area contributed by atoms with E-state index in [9.17, 15) is 19.8 Å². The number of aliphatic hydroxyl groups is 2. The van der Waals surface area contributed by atoms with E-state index in [2.05, 4.69) is 50.4 Å². The Kier molecular flexibility index (Phi) is 41.2. The molecule has 0 aromatic carbocycles. The Bertz CT molecular complexity index is 858. The molecule has 54 heavy (non-hydrogen) atoms. The highest BCUT2D eigenvalue weighted by Crippen LogP contribution is 2.17. The number of unbranched alkanes of at least 4 members (excludes halogenated alkanes) is 27. The van der Waals surface area contributed by atoms with E-state index in [0.29, 0.717) is 19.3 Å². The van der Waals surface area contributed by atoms with Gasteiger partial charge >= 0.3 is 5.97 Å². The molecule has 3 atom stereocenters. The largest absolute Gasteiger partial charge is 0.462 e. The van der Waals surface area contributed by atoms with Gasteiger partial charge in [0, 0.05) is 6.42 Å². The second-order valence-corrected chi connectivity index (χ2v) is 16.2. The highest BCUT2D eigenvalue weighted by atomic mass is 16.5. The van der Waals surface area contributed by atoms with Gasteiger partial charge in [0.25, 0.3) is 0 Å². The molecule has 0 fully saturated rings. The van der Waals surface area contributed by atoms with Crippen LogP contribution in [0.1, 0.15) is 245 Å². The summed E-state index contributed by atoms with van der Waals surface area (Å²) >= 11 is 0. The van der Waals surface area contributed by atoms with Gasteiger partial charge in [-0.3, -0.25) is 9.59 Å². The summed E-state index contributed by atoms with van der Waals surface area (Å²) in [5.41, 5.74) is 0. The van der Waals surface area contributed by atoms with E-state index in [1.807, 2.05) is 0 Å². The molecule has 0 saturated carbocycles. The number of allylic oxidation sites excluding steroid dienone is 4. The fourth-order valence-corrected chi connectivity index (χ4v) is 7.19. The molecule has 3 N–H and O–H groups in total. The van der Waals surface area contributed by atoms with Gasteiger partial charge in [0.15, 0.2) is 0 Å². The Hall–Kier alpha value is -1.66. The van der Waals surface area contributed by atoms with Gasteiger partial charge in [-0.25, -0.2) is 0 Å². The Balaban J connectivity index is 4.62. The van der Waals surface area contributed by atoms with Crippen LogP contribution >= 0.6 is 0 Å². The number of rotatable bonds is 42. The van der Waals surface area contributed by atoms with Gasteiger partial charge in [-0.05, 0) is 51.4 Å². The number of esters is 1. The maximum Gasteiger partial charge on any atom is 0.306 e. The van der Waals surface area contributed by atoms with Gasteiger partial charge < -0.3 is 20.3 Å².